The molecule has 4 heteroatoms. The second-order valence-electron chi connectivity index (χ2n) is 20.8. The Hall–Kier alpha value is -0.610. The molecule has 0 aliphatic carbocycles. The summed E-state index contributed by atoms with van der Waals surface area (Å²) in [5.74, 6) is 0.771. The number of carbonyl (C=O) groups is 1. The first-order valence-corrected chi connectivity index (χ1v) is 27.9. The molecule has 0 radical (unpaired) electrons. The molecule has 358 valence electrons. The summed E-state index contributed by atoms with van der Waals surface area (Å²) in [4.78, 5) is 15.1. The van der Waals surface area contributed by atoms with Crippen LogP contribution >= 0.6 is 0 Å². The summed E-state index contributed by atoms with van der Waals surface area (Å²) in [6, 6.07) is 0. The molecular weight excluding hydrogens is 733 g/mol. The first-order chi connectivity index (χ1) is 29.3. The van der Waals surface area contributed by atoms with Gasteiger partial charge in [-0.3, -0.25) is 9.69 Å². The van der Waals surface area contributed by atoms with E-state index in [1.54, 1.807) is 0 Å². The predicted molar refractivity (Wildman–Crippen MR) is 267 cm³/mol. The number of likely N-dealkylation sites (tertiary alicyclic amines) is 1. The van der Waals surface area contributed by atoms with Gasteiger partial charge < -0.3 is 10.1 Å². The van der Waals surface area contributed by atoms with Crippen LogP contribution in [-0.4, -0.2) is 42.3 Å². The SMILES string of the molecule is CCCCCCCCCCCCCCCCCCCCCCCCCCCCCCCCCCCCCCCCOCNC(=O)CCC1CC(C)(CC)N(C)C(C)(CC)C1. The van der Waals surface area contributed by atoms with Crippen LogP contribution in [0.3, 0.4) is 0 Å². The van der Waals surface area contributed by atoms with Crippen molar-refractivity contribution in [3.63, 3.8) is 0 Å². The van der Waals surface area contributed by atoms with Gasteiger partial charge in [-0.1, -0.05) is 258 Å². The summed E-state index contributed by atoms with van der Waals surface area (Å²) in [7, 11) is 2.31. The van der Waals surface area contributed by atoms with Crippen molar-refractivity contribution in [2.75, 3.05) is 20.4 Å². The number of hydrogen-bond donors (Lipinski definition) is 1. The maximum absolute atomic E-state index is 12.5. The Labute approximate surface area is 378 Å². The van der Waals surface area contributed by atoms with Crippen molar-refractivity contribution >= 4 is 5.91 Å². The number of carbonyl (C=O) groups excluding carboxylic acids is 1. The van der Waals surface area contributed by atoms with E-state index in [9.17, 15) is 4.79 Å². The highest BCUT2D eigenvalue weighted by Gasteiger charge is 2.45. The van der Waals surface area contributed by atoms with Gasteiger partial charge in [0.1, 0.15) is 6.73 Å². The highest BCUT2D eigenvalue weighted by molar-refractivity contribution is 5.75. The molecule has 0 spiro atoms. The molecule has 1 N–H and O–H groups in total. The van der Waals surface area contributed by atoms with Crippen molar-refractivity contribution in [1.82, 2.24) is 10.2 Å². The number of nitrogens with zero attached hydrogens (tertiary/aromatic N) is 1. The van der Waals surface area contributed by atoms with Gasteiger partial charge in [-0.2, -0.15) is 0 Å². The van der Waals surface area contributed by atoms with Crippen LogP contribution in [0.5, 0.6) is 0 Å². The monoisotopic (exact) mass is 845 g/mol. The van der Waals surface area contributed by atoms with Gasteiger partial charge in [0.25, 0.3) is 0 Å². The summed E-state index contributed by atoms with van der Waals surface area (Å²) in [5, 5.41) is 3.01. The lowest BCUT2D eigenvalue weighted by atomic mass is 9.69. The number of unbranched alkanes of at least 4 members (excludes halogenated alkanes) is 37. The van der Waals surface area contributed by atoms with E-state index in [-0.39, 0.29) is 17.0 Å². The first-order valence-electron chi connectivity index (χ1n) is 27.9. The zero-order valence-corrected chi connectivity index (χ0v) is 42.4. The molecule has 1 aliphatic heterocycles. The van der Waals surface area contributed by atoms with Crippen LogP contribution in [0.25, 0.3) is 0 Å². The average molecular weight is 846 g/mol. The normalized spacial score (nSPS) is 19.7. The van der Waals surface area contributed by atoms with Gasteiger partial charge in [0.05, 0.1) is 0 Å². The molecule has 0 aromatic carbocycles. The molecule has 1 fully saturated rings. The quantitative estimate of drug-likeness (QED) is 0.0490. The molecule has 60 heavy (non-hydrogen) atoms. The van der Waals surface area contributed by atoms with E-state index in [0.717, 1.165) is 32.3 Å². The highest BCUT2D eigenvalue weighted by Crippen LogP contribution is 2.45. The number of nitrogens with one attached hydrogen (secondary N) is 1. The van der Waals surface area contributed by atoms with Gasteiger partial charge in [0.2, 0.25) is 5.91 Å². The fourth-order valence-electron chi connectivity index (χ4n) is 10.5. The zero-order valence-electron chi connectivity index (χ0n) is 42.4. The molecule has 1 amide bonds. The Morgan fingerprint density at radius 1 is 0.467 bits per heavy atom. The van der Waals surface area contributed by atoms with Crippen molar-refractivity contribution < 1.29 is 9.53 Å². The molecule has 1 saturated heterocycles. The summed E-state index contributed by atoms with van der Waals surface area (Å²) in [6.07, 6.45) is 61.2. The topological polar surface area (TPSA) is 41.6 Å². The molecule has 1 rings (SSSR count). The van der Waals surface area contributed by atoms with Crippen molar-refractivity contribution in [3.8, 4) is 0 Å². The summed E-state index contributed by atoms with van der Waals surface area (Å²) in [6.45, 7) is 12.9. The van der Waals surface area contributed by atoms with E-state index in [2.05, 4.69) is 51.9 Å². The van der Waals surface area contributed by atoms with E-state index in [1.165, 1.54) is 250 Å². The Morgan fingerprint density at radius 2 is 0.733 bits per heavy atom. The smallest absolute Gasteiger partial charge is 0.221 e. The lowest BCUT2D eigenvalue weighted by molar-refractivity contribution is -0.123. The number of piperidine rings is 1. The molecule has 0 saturated carbocycles. The molecule has 2 atom stereocenters. The van der Waals surface area contributed by atoms with Gasteiger partial charge >= 0.3 is 0 Å². The average Bonchev–Trinajstić information content (AvgIpc) is 3.25. The summed E-state index contributed by atoms with van der Waals surface area (Å²) in [5.41, 5.74) is 0.466. The molecule has 4 nitrogen and oxygen atoms in total. The Bertz CT molecular complexity index is 890. The lowest BCUT2D eigenvalue weighted by Gasteiger charge is -2.56. The molecule has 1 heterocycles. The van der Waals surface area contributed by atoms with E-state index in [1.807, 2.05) is 0 Å². The minimum absolute atomic E-state index is 0.150. The van der Waals surface area contributed by atoms with E-state index < -0.39 is 0 Å². The van der Waals surface area contributed by atoms with Gasteiger partial charge in [-0.25, -0.2) is 0 Å². The Morgan fingerprint density at radius 3 is 1.00 bits per heavy atom. The van der Waals surface area contributed by atoms with Crippen LogP contribution in [0.15, 0.2) is 0 Å². The molecule has 0 aromatic rings. The number of amides is 1. The van der Waals surface area contributed by atoms with Gasteiger partial charge in [0, 0.05) is 24.1 Å². The Balaban J connectivity index is 1.71. The fraction of sp³-hybridized carbons (Fsp3) is 0.982. The third-order valence-electron chi connectivity index (χ3n) is 15.4. The predicted octanol–water partition coefficient (Wildman–Crippen LogP) is 18.4. The largest absolute Gasteiger partial charge is 0.361 e. The second-order valence-corrected chi connectivity index (χ2v) is 20.8. The van der Waals surface area contributed by atoms with Crippen molar-refractivity contribution in [1.29, 1.82) is 0 Å². The molecule has 2 unspecified atom stereocenters. The third kappa shape index (κ3) is 32.1. The van der Waals surface area contributed by atoms with Crippen LogP contribution in [0.2, 0.25) is 0 Å². The Kier molecular flexibility index (Phi) is 39.3. The first kappa shape index (κ1) is 57.4. The van der Waals surface area contributed by atoms with E-state index in [0.29, 0.717) is 19.1 Å². The fourth-order valence-corrected chi connectivity index (χ4v) is 10.5. The number of rotatable bonds is 46. The molecule has 1 aliphatic rings. The van der Waals surface area contributed by atoms with Gasteiger partial charge in [-0.05, 0) is 65.3 Å². The third-order valence-corrected chi connectivity index (χ3v) is 15.4. The number of hydrogen-bond acceptors (Lipinski definition) is 3. The van der Waals surface area contributed by atoms with Crippen LogP contribution in [0, 0.1) is 5.92 Å². The second kappa shape index (κ2) is 41.1. The van der Waals surface area contributed by atoms with Crippen LogP contribution in [0.1, 0.15) is 317 Å². The standard InChI is InChI=1S/C56H112N2O2/c1-7-10-11-12-13-14-15-16-17-18-19-20-21-22-23-24-25-26-27-28-29-30-31-32-33-34-35-36-37-38-39-40-41-42-43-44-45-46-49-60-52-57-54(59)48-47-53-50-55(4,8-2)58(6)56(5,9-3)51-53/h53H,7-52H2,1-6H3,(H,57,59). The van der Waals surface area contributed by atoms with Gasteiger partial charge in [0.15, 0.2) is 0 Å². The molecular formula is C56H112N2O2. The molecule has 0 bridgehead atoms. The van der Waals surface area contributed by atoms with Crippen LogP contribution in [0.4, 0.5) is 0 Å². The minimum atomic E-state index is 0.150. The van der Waals surface area contributed by atoms with Crippen LogP contribution in [-0.2, 0) is 9.53 Å². The van der Waals surface area contributed by atoms with Crippen LogP contribution < -0.4 is 5.32 Å². The van der Waals surface area contributed by atoms with Crippen molar-refractivity contribution in [2.45, 2.75) is 328 Å². The van der Waals surface area contributed by atoms with E-state index in [4.69, 9.17) is 4.74 Å². The zero-order chi connectivity index (χ0) is 43.7. The minimum Gasteiger partial charge on any atom is -0.361 e. The van der Waals surface area contributed by atoms with Gasteiger partial charge in [-0.15, -0.1) is 0 Å². The van der Waals surface area contributed by atoms with E-state index >= 15 is 0 Å². The maximum atomic E-state index is 12.5. The molecule has 0 aromatic heterocycles. The van der Waals surface area contributed by atoms with Crippen molar-refractivity contribution in [3.05, 3.63) is 0 Å². The lowest BCUT2D eigenvalue weighted by Crippen LogP contribution is -2.60. The number of ether oxygens (including phenoxy) is 1. The van der Waals surface area contributed by atoms with Crippen molar-refractivity contribution in [2.24, 2.45) is 5.92 Å². The summed E-state index contributed by atoms with van der Waals surface area (Å²) >= 11 is 0. The maximum Gasteiger partial charge on any atom is 0.221 e. The highest BCUT2D eigenvalue weighted by atomic mass is 16.5. The summed E-state index contributed by atoms with van der Waals surface area (Å²) < 4.78 is 5.75.